The van der Waals surface area contributed by atoms with E-state index in [0.717, 1.165) is 25.3 Å². The minimum atomic E-state index is 0.497. The second-order valence-electron chi connectivity index (χ2n) is 4.66. The summed E-state index contributed by atoms with van der Waals surface area (Å²) in [5.41, 5.74) is 5.26. The molecule has 6 heteroatoms. The minimum absolute atomic E-state index is 0.497. The van der Waals surface area contributed by atoms with Crippen molar-refractivity contribution in [1.29, 1.82) is 0 Å². The molecule has 0 fully saturated rings. The van der Waals surface area contributed by atoms with Crippen LogP contribution in [0.5, 0.6) is 5.75 Å². The number of nitrogens with one attached hydrogen (secondary N) is 1. The van der Waals surface area contributed by atoms with Crippen molar-refractivity contribution < 1.29 is 4.74 Å². The van der Waals surface area contributed by atoms with Crippen LogP contribution in [0.1, 0.15) is 11.1 Å². The van der Waals surface area contributed by atoms with Gasteiger partial charge in [0.2, 0.25) is 5.75 Å². The van der Waals surface area contributed by atoms with Gasteiger partial charge in [0.15, 0.2) is 11.6 Å². The van der Waals surface area contributed by atoms with Gasteiger partial charge in [-0.15, -0.1) is 0 Å². The summed E-state index contributed by atoms with van der Waals surface area (Å²) in [7, 11) is 1.60. The minimum Gasteiger partial charge on any atom is -0.490 e. The SMILES string of the molecule is COc1c(NN)ncnc1N1CCc2ccccc2C1. The van der Waals surface area contributed by atoms with Gasteiger partial charge in [-0.2, -0.15) is 0 Å². The fourth-order valence-corrected chi connectivity index (χ4v) is 2.56. The molecule has 0 amide bonds. The first-order valence-corrected chi connectivity index (χ1v) is 6.51. The van der Waals surface area contributed by atoms with E-state index < -0.39 is 0 Å². The predicted octanol–water partition coefficient (Wildman–Crippen LogP) is 1.33. The Morgan fingerprint density at radius 2 is 2.05 bits per heavy atom. The molecule has 104 valence electrons. The molecule has 1 aliphatic heterocycles. The molecule has 3 N–H and O–H groups in total. The smallest absolute Gasteiger partial charge is 0.205 e. The van der Waals surface area contributed by atoms with Gasteiger partial charge in [-0.3, -0.25) is 0 Å². The molecule has 20 heavy (non-hydrogen) atoms. The van der Waals surface area contributed by atoms with Crippen molar-refractivity contribution in [1.82, 2.24) is 9.97 Å². The summed E-state index contributed by atoms with van der Waals surface area (Å²) < 4.78 is 5.40. The first kappa shape index (κ1) is 12.7. The molecule has 1 aliphatic rings. The standard InChI is InChI=1S/C14H17N5O/c1-20-12-13(18-15)16-9-17-14(12)19-7-6-10-4-2-3-5-11(10)8-19/h2-5,9H,6-8,15H2,1H3,(H,16,17,18). The topological polar surface area (TPSA) is 76.3 Å². The average Bonchev–Trinajstić information content (AvgIpc) is 2.53. The molecule has 1 aromatic carbocycles. The van der Waals surface area contributed by atoms with Gasteiger partial charge < -0.3 is 15.1 Å². The number of fused-ring (bicyclic) bond motifs is 1. The molecule has 0 aliphatic carbocycles. The first-order chi connectivity index (χ1) is 9.83. The van der Waals surface area contributed by atoms with E-state index >= 15 is 0 Å². The first-order valence-electron chi connectivity index (χ1n) is 6.51. The molecule has 0 bridgehead atoms. The van der Waals surface area contributed by atoms with Crippen LogP contribution in [-0.2, 0) is 13.0 Å². The second-order valence-corrected chi connectivity index (χ2v) is 4.66. The number of hydrazine groups is 1. The highest BCUT2D eigenvalue weighted by molar-refractivity contribution is 5.65. The van der Waals surface area contributed by atoms with Crippen LogP contribution in [0.25, 0.3) is 0 Å². The zero-order valence-corrected chi connectivity index (χ0v) is 11.3. The summed E-state index contributed by atoms with van der Waals surface area (Å²) in [4.78, 5) is 10.6. The number of aromatic nitrogens is 2. The van der Waals surface area contributed by atoms with Crippen molar-refractivity contribution in [3.63, 3.8) is 0 Å². The van der Waals surface area contributed by atoms with Crippen LogP contribution >= 0.6 is 0 Å². The molecule has 0 unspecified atom stereocenters. The van der Waals surface area contributed by atoms with Crippen LogP contribution < -0.4 is 20.9 Å². The van der Waals surface area contributed by atoms with E-state index in [1.54, 1.807) is 7.11 Å². The average molecular weight is 271 g/mol. The Hall–Kier alpha value is -2.34. The Kier molecular flexibility index (Phi) is 3.39. The number of hydrogen-bond acceptors (Lipinski definition) is 6. The Morgan fingerprint density at radius 3 is 2.80 bits per heavy atom. The van der Waals surface area contributed by atoms with Crippen molar-refractivity contribution in [3.05, 3.63) is 41.7 Å². The Balaban J connectivity index is 1.95. The maximum atomic E-state index is 5.46. The summed E-state index contributed by atoms with van der Waals surface area (Å²) in [6.07, 6.45) is 2.49. The van der Waals surface area contributed by atoms with E-state index in [2.05, 4.69) is 44.6 Å². The highest BCUT2D eigenvalue weighted by Crippen LogP contribution is 2.33. The van der Waals surface area contributed by atoms with Gasteiger partial charge in [-0.25, -0.2) is 15.8 Å². The van der Waals surface area contributed by atoms with Crippen LogP contribution in [0.2, 0.25) is 0 Å². The van der Waals surface area contributed by atoms with Gasteiger partial charge in [0, 0.05) is 13.1 Å². The maximum absolute atomic E-state index is 5.46. The Morgan fingerprint density at radius 1 is 1.25 bits per heavy atom. The van der Waals surface area contributed by atoms with Crippen LogP contribution in [0, 0.1) is 0 Å². The lowest BCUT2D eigenvalue weighted by molar-refractivity contribution is 0.411. The van der Waals surface area contributed by atoms with Crippen molar-refractivity contribution in [3.8, 4) is 5.75 Å². The molecule has 2 heterocycles. The number of nitrogens with zero attached hydrogens (tertiary/aromatic N) is 3. The van der Waals surface area contributed by atoms with Crippen molar-refractivity contribution >= 4 is 11.6 Å². The van der Waals surface area contributed by atoms with E-state index in [-0.39, 0.29) is 0 Å². The molecule has 0 atom stereocenters. The highest BCUT2D eigenvalue weighted by Gasteiger charge is 2.22. The second kappa shape index (κ2) is 5.34. The fraction of sp³-hybridized carbons (Fsp3) is 0.286. The summed E-state index contributed by atoms with van der Waals surface area (Å²) >= 11 is 0. The number of ether oxygens (including phenoxy) is 1. The zero-order valence-electron chi connectivity index (χ0n) is 11.3. The third-order valence-electron chi connectivity index (χ3n) is 3.56. The van der Waals surface area contributed by atoms with Gasteiger partial charge >= 0.3 is 0 Å². The molecular weight excluding hydrogens is 254 g/mol. The van der Waals surface area contributed by atoms with Crippen LogP contribution in [0.4, 0.5) is 11.6 Å². The predicted molar refractivity (Wildman–Crippen MR) is 77.6 cm³/mol. The van der Waals surface area contributed by atoms with Crippen LogP contribution in [-0.4, -0.2) is 23.6 Å². The summed E-state index contributed by atoms with van der Waals surface area (Å²) in [6.45, 7) is 1.71. The van der Waals surface area contributed by atoms with Gasteiger partial charge in [-0.1, -0.05) is 24.3 Å². The van der Waals surface area contributed by atoms with Crippen LogP contribution in [0.3, 0.4) is 0 Å². The lowest BCUT2D eigenvalue weighted by Crippen LogP contribution is -2.31. The number of nitrogen functional groups attached to an aromatic ring is 1. The lowest BCUT2D eigenvalue weighted by Gasteiger charge is -2.30. The molecule has 0 radical (unpaired) electrons. The van der Waals surface area contributed by atoms with E-state index in [0.29, 0.717) is 11.6 Å². The number of hydrogen-bond donors (Lipinski definition) is 2. The van der Waals surface area contributed by atoms with Crippen LogP contribution in [0.15, 0.2) is 30.6 Å². The molecule has 1 aromatic heterocycles. The van der Waals surface area contributed by atoms with Gasteiger partial charge in [0.25, 0.3) is 0 Å². The molecule has 2 aromatic rings. The number of rotatable bonds is 3. The normalized spacial score (nSPS) is 13.8. The zero-order chi connectivity index (χ0) is 13.9. The fourth-order valence-electron chi connectivity index (χ4n) is 2.56. The third-order valence-corrected chi connectivity index (χ3v) is 3.56. The number of anilines is 2. The quantitative estimate of drug-likeness (QED) is 0.648. The van der Waals surface area contributed by atoms with Gasteiger partial charge in [0.05, 0.1) is 7.11 Å². The molecule has 0 spiro atoms. The van der Waals surface area contributed by atoms with E-state index in [9.17, 15) is 0 Å². The number of methoxy groups -OCH3 is 1. The molecule has 0 saturated heterocycles. The monoisotopic (exact) mass is 271 g/mol. The van der Waals surface area contributed by atoms with Crippen molar-refractivity contribution in [2.45, 2.75) is 13.0 Å². The lowest BCUT2D eigenvalue weighted by atomic mass is 10.00. The van der Waals surface area contributed by atoms with Gasteiger partial charge in [-0.05, 0) is 17.5 Å². The van der Waals surface area contributed by atoms with E-state index in [1.165, 1.54) is 17.5 Å². The molecule has 0 saturated carbocycles. The largest absolute Gasteiger partial charge is 0.490 e. The Bertz CT molecular complexity index is 616. The summed E-state index contributed by atoms with van der Waals surface area (Å²) in [5, 5.41) is 0. The van der Waals surface area contributed by atoms with Crippen molar-refractivity contribution in [2.24, 2.45) is 5.84 Å². The molecule has 3 rings (SSSR count). The van der Waals surface area contributed by atoms with Crippen molar-refractivity contribution in [2.75, 3.05) is 24.0 Å². The highest BCUT2D eigenvalue weighted by atomic mass is 16.5. The third kappa shape index (κ3) is 2.14. The summed E-state index contributed by atoms with van der Waals surface area (Å²) in [5.74, 6) is 7.31. The van der Waals surface area contributed by atoms with Gasteiger partial charge in [0.1, 0.15) is 6.33 Å². The summed E-state index contributed by atoms with van der Waals surface area (Å²) in [6, 6.07) is 8.47. The van der Waals surface area contributed by atoms with E-state index in [4.69, 9.17) is 10.6 Å². The maximum Gasteiger partial charge on any atom is 0.205 e. The number of nitrogens with two attached hydrogens (primary N) is 1. The Labute approximate surface area is 117 Å². The molecular formula is C14H17N5O. The molecule has 6 nitrogen and oxygen atoms in total. The number of benzene rings is 1. The van der Waals surface area contributed by atoms with E-state index in [1.807, 2.05) is 0 Å².